The zero-order valence-electron chi connectivity index (χ0n) is 5.91. The molecule has 0 fully saturated rings. The Bertz CT molecular complexity index is 218. The lowest BCUT2D eigenvalue weighted by Gasteiger charge is -1.97. The molecule has 0 bridgehead atoms. The zero-order chi connectivity index (χ0) is 8.10. The summed E-state index contributed by atoms with van der Waals surface area (Å²) in [5, 5.41) is 0. The van der Waals surface area contributed by atoms with Crippen molar-refractivity contribution in [3.63, 3.8) is 0 Å². The Morgan fingerprint density at radius 3 is 2.91 bits per heavy atom. The zero-order valence-corrected chi connectivity index (χ0v) is 7.48. The minimum atomic E-state index is 0.317. The first-order chi connectivity index (χ1) is 5.33. The molecular weight excluding hydrogens is 188 g/mol. The first-order valence-electron chi connectivity index (χ1n) is 2.94. The van der Waals surface area contributed by atoms with Crippen LogP contribution in [0.5, 0.6) is 6.01 Å². The van der Waals surface area contributed by atoms with Crippen LogP contribution in [0.3, 0.4) is 0 Å². The molecule has 0 N–H and O–H groups in total. The van der Waals surface area contributed by atoms with E-state index in [1.165, 1.54) is 0 Å². The Morgan fingerprint density at radius 1 is 1.55 bits per heavy atom. The van der Waals surface area contributed by atoms with Crippen molar-refractivity contribution in [2.45, 2.75) is 0 Å². The van der Waals surface area contributed by atoms with Crippen LogP contribution in [-0.4, -0.2) is 29.7 Å². The van der Waals surface area contributed by atoms with E-state index < -0.39 is 0 Å². The van der Waals surface area contributed by atoms with Gasteiger partial charge in [-0.25, -0.2) is 0 Å². The van der Waals surface area contributed by atoms with Crippen molar-refractivity contribution in [2.24, 2.45) is 0 Å². The summed E-state index contributed by atoms with van der Waals surface area (Å²) in [5.74, 6) is 0. The van der Waals surface area contributed by atoms with Crippen molar-refractivity contribution in [2.75, 3.05) is 20.3 Å². The number of hydrogen-bond acceptors (Lipinski definition) is 5. The van der Waals surface area contributed by atoms with E-state index in [2.05, 4.69) is 9.36 Å². The second-order valence-corrected chi connectivity index (χ2v) is 3.01. The summed E-state index contributed by atoms with van der Waals surface area (Å²) in [6.45, 7) is 0.973. The summed E-state index contributed by atoms with van der Waals surface area (Å²) in [6, 6.07) is 0.317. The summed E-state index contributed by atoms with van der Waals surface area (Å²) >= 11 is 6.61. The highest BCUT2D eigenvalue weighted by Crippen LogP contribution is 2.15. The van der Waals surface area contributed by atoms with E-state index in [-0.39, 0.29) is 0 Å². The van der Waals surface area contributed by atoms with Gasteiger partial charge in [-0.15, -0.1) is 4.37 Å². The van der Waals surface area contributed by atoms with Gasteiger partial charge in [-0.1, -0.05) is 0 Å². The molecule has 62 valence electrons. The number of hydrogen-bond donors (Lipinski definition) is 0. The van der Waals surface area contributed by atoms with Gasteiger partial charge in [0.05, 0.1) is 6.61 Å². The monoisotopic (exact) mass is 194 g/mol. The molecule has 1 rings (SSSR count). The normalized spacial score (nSPS) is 10.0. The lowest BCUT2D eigenvalue weighted by molar-refractivity contribution is 0.141. The van der Waals surface area contributed by atoms with Crippen LogP contribution in [0, 0.1) is 0 Å². The predicted octanol–water partition coefficient (Wildman–Crippen LogP) is 1.22. The SMILES string of the molecule is COCCOc1nsc(Cl)n1. The fraction of sp³-hybridized carbons (Fsp3) is 0.600. The molecule has 0 amide bonds. The molecule has 1 aromatic rings. The Balaban J connectivity index is 2.27. The molecule has 1 heterocycles. The second kappa shape index (κ2) is 4.48. The third-order valence-corrected chi connectivity index (χ3v) is 1.68. The van der Waals surface area contributed by atoms with Gasteiger partial charge in [-0.3, -0.25) is 0 Å². The van der Waals surface area contributed by atoms with Gasteiger partial charge < -0.3 is 9.47 Å². The Kier molecular flexibility index (Phi) is 3.55. The lowest BCUT2D eigenvalue weighted by atomic mass is 10.8. The molecule has 0 unspecified atom stereocenters. The van der Waals surface area contributed by atoms with E-state index in [1.807, 2.05) is 0 Å². The molecule has 11 heavy (non-hydrogen) atoms. The van der Waals surface area contributed by atoms with Crippen molar-refractivity contribution in [3.05, 3.63) is 4.47 Å². The fourth-order valence-corrected chi connectivity index (χ4v) is 1.01. The minimum absolute atomic E-state index is 0.317. The molecule has 0 radical (unpaired) electrons. The van der Waals surface area contributed by atoms with Crippen molar-refractivity contribution < 1.29 is 9.47 Å². The molecule has 6 heteroatoms. The maximum atomic E-state index is 5.51. The largest absolute Gasteiger partial charge is 0.460 e. The van der Waals surface area contributed by atoms with Gasteiger partial charge in [0.2, 0.25) is 4.47 Å². The van der Waals surface area contributed by atoms with Gasteiger partial charge in [-0.05, 0) is 11.6 Å². The van der Waals surface area contributed by atoms with Crippen LogP contribution in [0.2, 0.25) is 4.47 Å². The van der Waals surface area contributed by atoms with Crippen LogP contribution in [0.1, 0.15) is 0 Å². The number of methoxy groups -OCH3 is 1. The number of aromatic nitrogens is 2. The van der Waals surface area contributed by atoms with E-state index in [9.17, 15) is 0 Å². The number of ether oxygens (including phenoxy) is 2. The molecule has 1 aromatic heterocycles. The summed E-state index contributed by atoms with van der Waals surface area (Å²) in [4.78, 5) is 3.78. The van der Waals surface area contributed by atoms with Crippen LogP contribution >= 0.6 is 23.1 Å². The van der Waals surface area contributed by atoms with Crippen molar-refractivity contribution in [3.8, 4) is 6.01 Å². The first kappa shape index (κ1) is 8.70. The number of rotatable bonds is 4. The molecule has 0 aliphatic heterocycles. The average Bonchev–Trinajstić information content (AvgIpc) is 2.37. The lowest BCUT2D eigenvalue weighted by Crippen LogP contribution is -2.04. The van der Waals surface area contributed by atoms with Gasteiger partial charge >= 0.3 is 6.01 Å². The predicted molar refractivity (Wildman–Crippen MR) is 42.3 cm³/mol. The van der Waals surface area contributed by atoms with E-state index >= 15 is 0 Å². The van der Waals surface area contributed by atoms with Crippen molar-refractivity contribution >= 4 is 23.1 Å². The Morgan fingerprint density at radius 2 is 2.36 bits per heavy atom. The molecule has 0 atom stereocenters. The summed E-state index contributed by atoms with van der Waals surface area (Å²) in [6.07, 6.45) is 0. The molecule has 0 saturated carbocycles. The first-order valence-corrected chi connectivity index (χ1v) is 4.09. The summed E-state index contributed by atoms with van der Waals surface area (Å²) in [5.41, 5.74) is 0. The van der Waals surface area contributed by atoms with Crippen LogP contribution < -0.4 is 4.74 Å². The van der Waals surface area contributed by atoms with E-state index in [1.54, 1.807) is 7.11 Å². The van der Waals surface area contributed by atoms with Gasteiger partial charge in [-0.2, -0.15) is 4.98 Å². The van der Waals surface area contributed by atoms with Crippen LogP contribution in [0.4, 0.5) is 0 Å². The Labute approximate surface area is 73.3 Å². The molecule has 0 aliphatic carbocycles. The third-order valence-electron chi connectivity index (χ3n) is 0.901. The maximum Gasteiger partial charge on any atom is 0.329 e. The molecular formula is C5H7ClN2O2S. The van der Waals surface area contributed by atoms with Crippen molar-refractivity contribution in [1.29, 1.82) is 0 Å². The smallest absolute Gasteiger partial charge is 0.329 e. The van der Waals surface area contributed by atoms with E-state index in [0.29, 0.717) is 23.7 Å². The van der Waals surface area contributed by atoms with Crippen molar-refractivity contribution in [1.82, 2.24) is 9.36 Å². The second-order valence-electron chi connectivity index (χ2n) is 1.67. The minimum Gasteiger partial charge on any atom is -0.460 e. The highest BCUT2D eigenvalue weighted by molar-refractivity contribution is 7.10. The van der Waals surface area contributed by atoms with Gasteiger partial charge in [0.1, 0.15) is 6.61 Å². The Hall–Kier alpha value is -0.390. The fourth-order valence-electron chi connectivity index (χ4n) is 0.468. The molecule has 0 aliphatic rings. The summed E-state index contributed by atoms with van der Waals surface area (Å²) < 4.78 is 14.0. The van der Waals surface area contributed by atoms with Gasteiger partial charge in [0.15, 0.2) is 0 Å². The van der Waals surface area contributed by atoms with Crippen LogP contribution in [0.25, 0.3) is 0 Å². The van der Waals surface area contributed by atoms with Gasteiger partial charge in [0, 0.05) is 18.6 Å². The number of nitrogens with zero attached hydrogens (tertiary/aromatic N) is 2. The highest BCUT2D eigenvalue weighted by atomic mass is 35.5. The van der Waals surface area contributed by atoms with Gasteiger partial charge in [0.25, 0.3) is 0 Å². The molecule has 0 aromatic carbocycles. The molecule has 0 spiro atoms. The van der Waals surface area contributed by atoms with Crippen LogP contribution in [-0.2, 0) is 4.74 Å². The van der Waals surface area contributed by atoms with E-state index in [0.717, 1.165) is 11.5 Å². The average molecular weight is 195 g/mol. The van der Waals surface area contributed by atoms with Crippen LogP contribution in [0.15, 0.2) is 0 Å². The third kappa shape index (κ3) is 3.00. The number of halogens is 1. The topological polar surface area (TPSA) is 44.2 Å². The maximum absolute atomic E-state index is 5.51. The standard InChI is InChI=1S/C5H7ClN2O2S/c1-9-2-3-10-5-7-4(6)11-8-5/h2-3H2,1H3. The summed E-state index contributed by atoms with van der Waals surface area (Å²) in [7, 11) is 1.60. The molecule has 4 nitrogen and oxygen atoms in total. The highest BCUT2D eigenvalue weighted by Gasteiger charge is 2.00. The molecule has 0 saturated heterocycles. The quantitative estimate of drug-likeness (QED) is 0.676. The van der Waals surface area contributed by atoms with E-state index in [4.69, 9.17) is 21.1 Å².